The lowest BCUT2D eigenvalue weighted by Gasteiger charge is -2.33. The van der Waals surface area contributed by atoms with Gasteiger partial charge >= 0.3 is 5.97 Å². The van der Waals surface area contributed by atoms with Gasteiger partial charge < -0.3 is 10.4 Å². The van der Waals surface area contributed by atoms with Gasteiger partial charge in [-0.25, -0.2) is 0 Å². The summed E-state index contributed by atoms with van der Waals surface area (Å²) in [6.07, 6.45) is 1.53. The highest BCUT2D eigenvalue weighted by Crippen LogP contribution is 2.32. The molecule has 0 aromatic heterocycles. The summed E-state index contributed by atoms with van der Waals surface area (Å²) in [7, 11) is 0. The molecule has 0 saturated heterocycles. The molecule has 0 spiro atoms. The van der Waals surface area contributed by atoms with Crippen LogP contribution in [-0.4, -0.2) is 42.5 Å². The van der Waals surface area contributed by atoms with E-state index in [0.29, 0.717) is 10.7 Å². The van der Waals surface area contributed by atoms with Crippen molar-refractivity contribution in [2.24, 2.45) is 5.92 Å². The molecule has 23 heavy (non-hydrogen) atoms. The number of carboxylic acids is 1. The number of carbonyl (C=O) groups is 3. The fourth-order valence-corrected chi connectivity index (χ4v) is 2.38. The predicted molar refractivity (Wildman–Crippen MR) is 83.4 cm³/mol. The molecular weight excluding hydrogens is 324 g/mol. The summed E-state index contributed by atoms with van der Waals surface area (Å²) in [6, 6.07) is 4.70. The summed E-state index contributed by atoms with van der Waals surface area (Å²) in [5.74, 6) is -3.37. The number of ketones is 1. The van der Waals surface area contributed by atoms with Gasteiger partial charge in [0, 0.05) is 10.6 Å². The van der Waals surface area contributed by atoms with Crippen molar-refractivity contribution in [3.05, 3.63) is 41.4 Å². The predicted octanol–water partition coefficient (Wildman–Crippen LogP) is 1.28. The molecule has 0 aliphatic carbocycles. The zero-order chi connectivity index (χ0) is 17.0. The van der Waals surface area contributed by atoms with E-state index in [1.165, 1.54) is 17.2 Å². The number of nitrogens with one attached hydrogen (secondary N) is 1. The molecule has 122 valence electrons. The Morgan fingerprint density at radius 1 is 1.52 bits per heavy atom. The van der Waals surface area contributed by atoms with Gasteiger partial charge in [0.25, 0.3) is 0 Å². The minimum atomic E-state index is -1.19. The van der Waals surface area contributed by atoms with Crippen LogP contribution in [0.1, 0.15) is 10.4 Å². The summed E-state index contributed by atoms with van der Waals surface area (Å²) in [4.78, 5) is 40.6. The number of aliphatic carboxylic acids is 1. The zero-order valence-corrected chi connectivity index (χ0v) is 12.9. The Morgan fingerprint density at radius 2 is 2.26 bits per heavy atom. The third-order valence-electron chi connectivity index (χ3n) is 3.24. The maximum absolute atomic E-state index is 12.5. The molecule has 8 heteroatoms. The van der Waals surface area contributed by atoms with Crippen LogP contribution in [0, 0.1) is 5.92 Å². The first-order valence-electron chi connectivity index (χ1n) is 6.78. The van der Waals surface area contributed by atoms with Gasteiger partial charge in [-0.15, -0.1) is 6.58 Å². The number of nitrogens with zero attached hydrogens (tertiary/aromatic N) is 1. The Morgan fingerprint density at radius 3 is 2.91 bits per heavy atom. The molecule has 2 rings (SSSR count). The summed E-state index contributed by atoms with van der Waals surface area (Å²) in [5, 5.41) is 12.6. The Labute approximate surface area is 137 Å². The van der Waals surface area contributed by atoms with Crippen LogP contribution in [0.15, 0.2) is 30.9 Å². The minimum absolute atomic E-state index is 0.0211. The highest BCUT2D eigenvalue weighted by Gasteiger charge is 2.37. The van der Waals surface area contributed by atoms with E-state index in [9.17, 15) is 14.4 Å². The van der Waals surface area contributed by atoms with E-state index in [4.69, 9.17) is 21.5 Å². The fraction of sp³-hybridized carbons (Fsp3) is 0.267. The van der Waals surface area contributed by atoms with Crippen LogP contribution < -0.4 is 10.4 Å². The van der Waals surface area contributed by atoms with Crippen molar-refractivity contribution in [3.8, 4) is 0 Å². The van der Waals surface area contributed by atoms with E-state index in [1.54, 1.807) is 12.1 Å². The number of hydroxylamine groups is 1. The van der Waals surface area contributed by atoms with Crippen LogP contribution in [0.2, 0.25) is 5.02 Å². The van der Waals surface area contributed by atoms with Gasteiger partial charge in [0.15, 0.2) is 5.78 Å². The summed E-state index contributed by atoms with van der Waals surface area (Å²) in [5.41, 5.74) is 0.756. The highest BCUT2D eigenvalue weighted by molar-refractivity contribution is 6.31. The first-order chi connectivity index (χ1) is 10.9. The quantitative estimate of drug-likeness (QED) is 0.599. The number of carbonyl (C=O) groups excluding carboxylic acids is 2. The van der Waals surface area contributed by atoms with Crippen LogP contribution in [0.5, 0.6) is 0 Å². The number of halogens is 1. The number of carboxylic acid groups (broad SMARTS) is 1. The van der Waals surface area contributed by atoms with Crippen LogP contribution in [0.25, 0.3) is 0 Å². The van der Waals surface area contributed by atoms with E-state index in [0.717, 1.165) is 0 Å². The molecular formula is C15H15ClN2O5. The number of fused-ring (bicyclic) bond motifs is 1. The zero-order valence-electron chi connectivity index (χ0n) is 12.1. The molecule has 1 aliphatic rings. The molecule has 1 aliphatic heterocycles. The first-order valence-corrected chi connectivity index (χ1v) is 7.16. The average Bonchev–Trinajstić information content (AvgIpc) is 2.52. The van der Waals surface area contributed by atoms with Crippen molar-refractivity contribution in [2.75, 3.05) is 24.8 Å². The van der Waals surface area contributed by atoms with Gasteiger partial charge in [0.1, 0.15) is 12.5 Å². The second-order valence-corrected chi connectivity index (χ2v) is 5.27. The monoisotopic (exact) mass is 338 g/mol. The normalized spacial score (nSPS) is 16.7. The Bertz CT molecular complexity index is 661. The van der Waals surface area contributed by atoms with E-state index >= 15 is 0 Å². The van der Waals surface area contributed by atoms with Crippen molar-refractivity contribution in [3.63, 3.8) is 0 Å². The van der Waals surface area contributed by atoms with Gasteiger partial charge in [0.2, 0.25) is 5.91 Å². The first kappa shape index (κ1) is 17.0. The van der Waals surface area contributed by atoms with Crippen molar-refractivity contribution in [1.82, 2.24) is 5.32 Å². The number of rotatable bonds is 6. The molecule has 1 heterocycles. The Balaban J connectivity index is 2.29. The third-order valence-corrected chi connectivity index (χ3v) is 3.47. The standard InChI is InChI=1S/C15H15ClN2O5/c1-2-5-23-18-8-11(15(22)17-7-13(19)20)14(21)10-6-9(16)3-4-12(10)18/h2-4,6,11H,1,5,7-8H2,(H,17,22)(H,19,20). The number of benzene rings is 1. The third kappa shape index (κ3) is 3.88. The molecule has 1 amide bonds. The second kappa shape index (κ2) is 7.26. The summed E-state index contributed by atoms with van der Waals surface area (Å²) in [6.45, 7) is 3.16. The van der Waals surface area contributed by atoms with E-state index < -0.39 is 30.1 Å². The van der Waals surface area contributed by atoms with Crippen LogP contribution >= 0.6 is 11.6 Å². The maximum atomic E-state index is 12.5. The molecule has 1 aromatic carbocycles. The number of hydrogen-bond donors (Lipinski definition) is 2. The van der Waals surface area contributed by atoms with Gasteiger partial charge in [-0.3, -0.25) is 24.3 Å². The molecule has 2 N–H and O–H groups in total. The molecule has 1 aromatic rings. The van der Waals surface area contributed by atoms with Crippen molar-refractivity contribution in [1.29, 1.82) is 0 Å². The topological polar surface area (TPSA) is 95.9 Å². The lowest BCUT2D eigenvalue weighted by molar-refractivity contribution is -0.138. The summed E-state index contributed by atoms with van der Waals surface area (Å²) >= 11 is 5.92. The number of hydrogen-bond acceptors (Lipinski definition) is 5. The average molecular weight is 339 g/mol. The molecule has 0 radical (unpaired) electrons. The van der Waals surface area contributed by atoms with Gasteiger partial charge in [-0.2, -0.15) is 0 Å². The van der Waals surface area contributed by atoms with Crippen molar-refractivity contribution in [2.45, 2.75) is 0 Å². The lowest BCUT2D eigenvalue weighted by Crippen LogP contribution is -2.47. The molecule has 7 nitrogen and oxygen atoms in total. The number of Topliss-reactive ketones (excluding diaryl/α,β-unsaturated/α-hetero) is 1. The van der Waals surface area contributed by atoms with Gasteiger partial charge in [-0.1, -0.05) is 17.7 Å². The van der Waals surface area contributed by atoms with Crippen LogP contribution in [-0.2, 0) is 14.4 Å². The van der Waals surface area contributed by atoms with Gasteiger partial charge in [0.05, 0.1) is 18.8 Å². The van der Waals surface area contributed by atoms with Gasteiger partial charge in [-0.05, 0) is 18.2 Å². The van der Waals surface area contributed by atoms with E-state index in [2.05, 4.69) is 11.9 Å². The summed E-state index contributed by atoms with van der Waals surface area (Å²) < 4.78 is 0. The fourth-order valence-electron chi connectivity index (χ4n) is 2.21. The molecule has 1 unspecified atom stereocenters. The number of anilines is 1. The Hall–Kier alpha value is -2.38. The van der Waals surface area contributed by atoms with Crippen LogP contribution in [0.3, 0.4) is 0 Å². The van der Waals surface area contributed by atoms with Crippen molar-refractivity contribution < 1.29 is 24.3 Å². The van der Waals surface area contributed by atoms with E-state index in [1.807, 2.05) is 0 Å². The minimum Gasteiger partial charge on any atom is -0.480 e. The SMILES string of the molecule is C=CCON1CC(C(=O)NCC(=O)O)C(=O)c2cc(Cl)ccc21. The molecule has 0 fully saturated rings. The molecule has 0 bridgehead atoms. The highest BCUT2D eigenvalue weighted by atomic mass is 35.5. The molecule has 0 saturated carbocycles. The Kier molecular flexibility index (Phi) is 5.36. The lowest BCUT2D eigenvalue weighted by atomic mass is 9.91. The number of amides is 1. The van der Waals surface area contributed by atoms with E-state index in [-0.39, 0.29) is 18.7 Å². The molecule has 1 atom stereocenters. The largest absolute Gasteiger partial charge is 0.480 e. The smallest absolute Gasteiger partial charge is 0.322 e. The maximum Gasteiger partial charge on any atom is 0.322 e. The second-order valence-electron chi connectivity index (χ2n) is 4.84. The van der Waals surface area contributed by atoms with Crippen molar-refractivity contribution >= 4 is 34.9 Å². The van der Waals surface area contributed by atoms with Crippen LogP contribution in [0.4, 0.5) is 5.69 Å².